The first-order valence-electron chi connectivity index (χ1n) is 6.76. The zero-order chi connectivity index (χ0) is 15.2. The lowest BCUT2D eigenvalue weighted by molar-refractivity contribution is -0.385. The van der Waals surface area contributed by atoms with E-state index in [1.165, 1.54) is 23.9 Å². The average Bonchev–Trinajstić information content (AvgIpc) is 2.52. The molecular formula is C15H17NO4S. The molecule has 1 aliphatic rings. The molecule has 0 spiro atoms. The second kappa shape index (κ2) is 7.26. The standard InChI is InChI=1S/C15H17NO4S/c1-21-12-7-8-14(16(18)19)13(9-12)15(17)20-10-11-5-3-2-4-6-11/h2-3,7-9,11H,4-6,10H2,1H3. The summed E-state index contributed by atoms with van der Waals surface area (Å²) in [6.07, 6.45) is 8.91. The number of hydrogen-bond donors (Lipinski definition) is 0. The maximum atomic E-state index is 12.1. The van der Waals surface area contributed by atoms with Crippen LogP contribution in [0.25, 0.3) is 0 Å². The molecule has 0 heterocycles. The lowest BCUT2D eigenvalue weighted by atomic mass is 9.95. The first kappa shape index (κ1) is 15.6. The zero-order valence-corrected chi connectivity index (χ0v) is 12.6. The number of nitro benzene ring substituents is 1. The molecule has 0 amide bonds. The molecule has 1 atom stereocenters. The Labute approximate surface area is 127 Å². The van der Waals surface area contributed by atoms with E-state index in [0.29, 0.717) is 12.5 Å². The quantitative estimate of drug-likeness (QED) is 0.272. The first-order valence-corrected chi connectivity index (χ1v) is 7.99. The summed E-state index contributed by atoms with van der Waals surface area (Å²) in [6.45, 7) is 0.309. The summed E-state index contributed by atoms with van der Waals surface area (Å²) < 4.78 is 5.27. The van der Waals surface area contributed by atoms with Crippen molar-refractivity contribution in [3.05, 3.63) is 46.0 Å². The fourth-order valence-corrected chi connectivity index (χ4v) is 2.68. The number of nitrogens with zero attached hydrogens (tertiary/aromatic N) is 1. The van der Waals surface area contributed by atoms with Gasteiger partial charge in [0.2, 0.25) is 0 Å². The number of ether oxygens (including phenoxy) is 1. The van der Waals surface area contributed by atoms with Crippen molar-refractivity contribution in [1.29, 1.82) is 0 Å². The van der Waals surface area contributed by atoms with E-state index >= 15 is 0 Å². The van der Waals surface area contributed by atoms with Crippen LogP contribution < -0.4 is 0 Å². The smallest absolute Gasteiger partial charge is 0.345 e. The number of rotatable bonds is 5. The van der Waals surface area contributed by atoms with Crippen molar-refractivity contribution >= 4 is 23.4 Å². The molecule has 5 nitrogen and oxygen atoms in total. The molecule has 1 unspecified atom stereocenters. The van der Waals surface area contributed by atoms with Crippen molar-refractivity contribution in [3.8, 4) is 0 Å². The van der Waals surface area contributed by atoms with Crippen molar-refractivity contribution in [1.82, 2.24) is 0 Å². The molecule has 0 bridgehead atoms. The van der Waals surface area contributed by atoms with Crippen LogP contribution in [0.2, 0.25) is 0 Å². The Morgan fingerprint density at radius 1 is 1.48 bits per heavy atom. The van der Waals surface area contributed by atoms with Gasteiger partial charge in [-0.15, -0.1) is 11.8 Å². The lowest BCUT2D eigenvalue weighted by Crippen LogP contribution is -2.16. The molecule has 0 aliphatic heterocycles. The van der Waals surface area contributed by atoms with Gasteiger partial charge in [0, 0.05) is 11.0 Å². The number of esters is 1. The van der Waals surface area contributed by atoms with Crippen LogP contribution in [0, 0.1) is 16.0 Å². The highest BCUT2D eigenvalue weighted by molar-refractivity contribution is 7.98. The third-order valence-corrected chi connectivity index (χ3v) is 4.17. The van der Waals surface area contributed by atoms with Crippen LogP contribution in [0.3, 0.4) is 0 Å². The summed E-state index contributed by atoms with van der Waals surface area (Å²) >= 11 is 1.43. The Morgan fingerprint density at radius 3 is 2.90 bits per heavy atom. The molecule has 0 radical (unpaired) electrons. The normalized spacial score (nSPS) is 17.5. The summed E-state index contributed by atoms with van der Waals surface area (Å²) in [5, 5.41) is 11.0. The van der Waals surface area contributed by atoms with E-state index in [2.05, 4.69) is 12.2 Å². The topological polar surface area (TPSA) is 69.4 Å². The minimum absolute atomic E-state index is 0.0261. The molecule has 1 aromatic rings. The van der Waals surface area contributed by atoms with Crippen LogP contribution in [0.5, 0.6) is 0 Å². The number of hydrogen-bond acceptors (Lipinski definition) is 5. The largest absolute Gasteiger partial charge is 0.462 e. The zero-order valence-electron chi connectivity index (χ0n) is 11.8. The molecule has 0 fully saturated rings. The SMILES string of the molecule is CSc1ccc([N+](=O)[O-])c(C(=O)OCC2CC=CCC2)c1. The van der Waals surface area contributed by atoms with Crippen molar-refractivity contribution in [3.63, 3.8) is 0 Å². The van der Waals surface area contributed by atoms with E-state index in [9.17, 15) is 14.9 Å². The van der Waals surface area contributed by atoms with E-state index in [4.69, 9.17) is 4.74 Å². The number of carbonyl (C=O) groups is 1. The lowest BCUT2D eigenvalue weighted by Gasteiger charge is -2.17. The summed E-state index contributed by atoms with van der Waals surface area (Å²) in [4.78, 5) is 23.4. The van der Waals surface area contributed by atoms with Gasteiger partial charge < -0.3 is 4.74 Å². The Kier molecular flexibility index (Phi) is 5.38. The number of benzene rings is 1. The number of carbonyl (C=O) groups excluding carboxylic acids is 1. The van der Waals surface area contributed by atoms with Gasteiger partial charge in [0.1, 0.15) is 5.56 Å². The van der Waals surface area contributed by atoms with Gasteiger partial charge in [-0.1, -0.05) is 12.2 Å². The van der Waals surface area contributed by atoms with Crippen LogP contribution in [-0.4, -0.2) is 23.8 Å². The molecule has 21 heavy (non-hydrogen) atoms. The molecule has 0 saturated heterocycles. The van der Waals surface area contributed by atoms with Crippen LogP contribution in [0.4, 0.5) is 5.69 Å². The highest BCUT2D eigenvalue weighted by Crippen LogP contribution is 2.26. The maximum Gasteiger partial charge on any atom is 0.345 e. The van der Waals surface area contributed by atoms with Gasteiger partial charge in [-0.25, -0.2) is 4.79 Å². The monoisotopic (exact) mass is 307 g/mol. The predicted molar refractivity (Wildman–Crippen MR) is 81.6 cm³/mol. The van der Waals surface area contributed by atoms with Crippen LogP contribution in [0.15, 0.2) is 35.2 Å². The molecule has 1 aliphatic carbocycles. The summed E-state index contributed by atoms with van der Waals surface area (Å²) in [6, 6.07) is 4.50. The van der Waals surface area contributed by atoms with E-state index in [1.807, 2.05) is 6.26 Å². The minimum atomic E-state index is -0.618. The Morgan fingerprint density at radius 2 is 2.29 bits per heavy atom. The molecule has 0 N–H and O–H groups in total. The third-order valence-electron chi connectivity index (χ3n) is 3.45. The van der Waals surface area contributed by atoms with Gasteiger partial charge in [0.05, 0.1) is 11.5 Å². The van der Waals surface area contributed by atoms with Gasteiger partial charge in [-0.05, 0) is 43.6 Å². The second-order valence-corrected chi connectivity index (χ2v) is 5.77. The Bertz CT molecular complexity index is 571. The molecule has 6 heteroatoms. The molecule has 2 rings (SSSR count). The summed E-state index contributed by atoms with van der Waals surface area (Å²) in [7, 11) is 0. The van der Waals surface area contributed by atoms with E-state index in [-0.39, 0.29) is 11.3 Å². The Balaban J connectivity index is 2.09. The maximum absolute atomic E-state index is 12.1. The molecule has 1 aromatic carbocycles. The van der Waals surface area contributed by atoms with Gasteiger partial charge in [0.15, 0.2) is 0 Å². The van der Waals surface area contributed by atoms with Gasteiger partial charge in [-0.3, -0.25) is 10.1 Å². The average molecular weight is 307 g/mol. The highest BCUT2D eigenvalue weighted by Gasteiger charge is 2.23. The van der Waals surface area contributed by atoms with E-state index in [1.54, 1.807) is 6.07 Å². The predicted octanol–water partition coefficient (Wildman–Crippen LogP) is 3.83. The number of nitro groups is 1. The minimum Gasteiger partial charge on any atom is -0.462 e. The fourth-order valence-electron chi connectivity index (χ4n) is 2.24. The molecule has 112 valence electrons. The number of allylic oxidation sites excluding steroid dienone is 2. The van der Waals surface area contributed by atoms with Gasteiger partial charge in [0.25, 0.3) is 5.69 Å². The highest BCUT2D eigenvalue weighted by atomic mass is 32.2. The van der Waals surface area contributed by atoms with Crippen molar-refractivity contribution in [2.45, 2.75) is 24.2 Å². The van der Waals surface area contributed by atoms with Crippen LogP contribution in [0.1, 0.15) is 29.6 Å². The second-order valence-electron chi connectivity index (χ2n) is 4.89. The van der Waals surface area contributed by atoms with Crippen LogP contribution in [-0.2, 0) is 4.74 Å². The van der Waals surface area contributed by atoms with Crippen molar-refractivity contribution in [2.75, 3.05) is 12.9 Å². The van der Waals surface area contributed by atoms with Gasteiger partial charge in [-0.2, -0.15) is 0 Å². The fraction of sp³-hybridized carbons (Fsp3) is 0.400. The number of thioether (sulfide) groups is 1. The van der Waals surface area contributed by atoms with Gasteiger partial charge >= 0.3 is 5.97 Å². The van der Waals surface area contributed by atoms with E-state index < -0.39 is 10.9 Å². The van der Waals surface area contributed by atoms with Crippen LogP contribution >= 0.6 is 11.8 Å². The van der Waals surface area contributed by atoms with Crippen molar-refractivity contribution in [2.24, 2.45) is 5.92 Å². The van der Waals surface area contributed by atoms with Crippen molar-refractivity contribution < 1.29 is 14.5 Å². The Hall–Kier alpha value is -1.82. The molecule has 0 saturated carbocycles. The molecular weight excluding hydrogens is 290 g/mol. The summed E-state index contributed by atoms with van der Waals surface area (Å²) in [5.74, 6) is -0.311. The summed E-state index contributed by atoms with van der Waals surface area (Å²) in [5.41, 5.74) is -0.181. The first-order chi connectivity index (χ1) is 10.1. The van der Waals surface area contributed by atoms with E-state index in [0.717, 1.165) is 24.2 Å². The third kappa shape index (κ3) is 4.07. The molecule has 0 aromatic heterocycles.